The summed E-state index contributed by atoms with van der Waals surface area (Å²) in [7, 11) is 0. The van der Waals surface area contributed by atoms with Crippen LogP contribution < -0.4 is 10.4 Å². The molecule has 92 valence electrons. The summed E-state index contributed by atoms with van der Waals surface area (Å²) in [4.78, 5) is 0. The van der Waals surface area contributed by atoms with Crippen molar-refractivity contribution in [1.82, 2.24) is 0 Å². The van der Waals surface area contributed by atoms with Crippen molar-refractivity contribution in [2.75, 3.05) is 0 Å². The second kappa shape index (κ2) is 3.98. The number of hydrogen-bond acceptors (Lipinski definition) is 0. The van der Waals surface area contributed by atoms with E-state index in [0.717, 1.165) is 12.8 Å². The molecule has 1 aromatic carbocycles. The van der Waals surface area contributed by atoms with Gasteiger partial charge in [-0.2, -0.15) is 0 Å². The molecule has 0 heteroatoms. The quantitative estimate of drug-likeness (QED) is 0.739. The molecule has 0 radical (unpaired) electrons. The second-order valence-corrected chi connectivity index (χ2v) is 5.27. The Morgan fingerprint density at radius 2 is 1.06 bits per heavy atom. The van der Waals surface area contributed by atoms with Crippen LogP contribution in [0, 0.1) is 0 Å². The molecule has 1 aromatic rings. The fraction of sp³-hybridized carbons (Fsp3) is 0.333. The minimum Gasteiger partial charge on any atom is -0.0612 e. The summed E-state index contributed by atoms with van der Waals surface area (Å²) in [5, 5.41) is 2.96. The summed E-state index contributed by atoms with van der Waals surface area (Å²) in [6.07, 6.45) is 11.4. The van der Waals surface area contributed by atoms with Crippen molar-refractivity contribution in [2.45, 2.75) is 40.5 Å². The Morgan fingerprint density at radius 1 is 0.667 bits per heavy atom. The van der Waals surface area contributed by atoms with Gasteiger partial charge in [0, 0.05) is 0 Å². The standard InChI is InChI=1S/C18H20/c1-5-13-15-9-7-12(4)18(15)14(6-2)16-10-8-11(3)17(13)16/h7-10H,5-6H2,1-4H3. The highest BCUT2D eigenvalue weighted by Gasteiger charge is 2.20. The number of hydrogen-bond donors (Lipinski definition) is 0. The average molecular weight is 236 g/mol. The summed E-state index contributed by atoms with van der Waals surface area (Å²) in [5.41, 5.74) is 8.94. The Balaban J connectivity index is 2.51. The lowest BCUT2D eigenvalue weighted by atomic mass is 9.88. The fourth-order valence-corrected chi connectivity index (χ4v) is 3.48. The number of allylic oxidation sites excluding steroid dienone is 4. The molecular formula is C18H20. The van der Waals surface area contributed by atoms with Gasteiger partial charge in [0.15, 0.2) is 0 Å². The molecule has 0 N–H and O–H groups in total. The van der Waals surface area contributed by atoms with E-state index in [1.165, 1.54) is 43.8 Å². The van der Waals surface area contributed by atoms with Crippen LogP contribution in [-0.2, 0) is 12.8 Å². The second-order valence-electron chi connectivity index (χ2n) is 5.27. The summed E-state index contributed by atoms with van der Waals surface area (Å²) in [5.74, 6) is 0. The molecule has 0 atom stereocenters. The van der Waals surface area contributed by atoms with Crippen LogP contribution in [0.4, 0.5) is 0 Å². The molecule has 0 nitrogen and oxygen atoms in total. The monoisotopic (exact) mass is 236 g/mol. The average Bonchev–Trinajstić information content (AvgIpc) is 2.93. The van der Waals surface area contributed by atoms with E-state index < -0.39 is 0 Å². The van der Waals surface area contributed by atoms with Crippen molar-refractivity contribution >= 4 is 23.3 Å². The van der Waals surface area contributed by atoms with E-state index in [-0.39, 0.29) is 0 Å². The van der Waals surface area contributed by atoms with Crippen molar-refractivity contribution < 1.29 is 0 Å². The van der Waals surface area contributed by atoms with E-state index in [1.54, 1.807) is 0 Å². The molecule has 2 aliphatic carbocycles. The van der Waals surface area contributed by atoms with Gasteiger partial charge < -0.3 is 0 Å². The van der Waals surface area contributed by atoms with Gasteiger partial charge in [0.25, 0.3) is 0 Å². The normalized spacial score (nSPS) is 15.6. The number of fused-ring (bicyclic) bond motifs is 2. The lowest BCUT2D eigenvalue weighted by Gasteiger charge is -2.15. The van der Waals surface area contributed by atoms with Gasteiger partial charge in [-0.25, -0.2) is 0 Å². The van der Waals surface area contributed by atoms with Crippen LogP contribution in [0.1, 0.15) is 49.9 Å². The van der Waals surface area contributed by atoms with E-state index in [4.69, 9.17) is 0 Å². The zero-order valence-corrected chi connectivity index (χ0v) is 11.7. The molecule has 0 fully saturated rings. The Morgan fingerprint density at radius 3 is 1.39 bits per heavy atom. The molecule has 0 heterocycles. The predicted octanol–water partition coefficient (Wildman–Crippen LogP) is 3.21. The molecule has 0 bridgehead atoms. The third-order valence-electron chi connectivity index (χ3n) is 4.29. The van der Waals surface area contributed by atoms with Crippen molar-refractivity contribution in [2.24, 2.45) is 0 Å². The first-order valence-corrected chi connectivity index (χ1v) is 6.94. The van der Waals surface area contributed by atoms with E-state index >= 15 is 0 Å². The Bertz CT molecular complexity index is 646. The summed E-state index contributed by atoms with van der Waals surface area (Å²) in [6.45, 7) is 9.02. The molecular weight excluding hydrogens is 216 g/mol. The summed E-state index contributed by atoms with van der Waals surface area (Å²) >= 11 is 0. The van der Waals surface area contributed by atoms with Gasteiger partial charge in [-0.05, 0) is 70.5 Å². The first-order valence-electron chi connectivity index (χ1n) is 6.94. The highest BCUT2D eigenvalue weighted by atomic mass is 14.2. The molecule has 0 spiro atoms. The molecule has 0 saturated heterocycles. The third kappa shape index (κ3) is 1.32. The third-order valence-corrected chi connectivity index (χ3v) is 4.29. The van der Waals surface area contributed by atoms with E-state index in [0.29, 0.717) is 0 Å². The molecule has 0 aliphatic heterocycles. The Kier molecular flexibility index (Phi) is 2.55. The van der Waals surface area contributed by atoms with Gasteiger partial charge in [-0.15, -0.1) is 0 Å². The van der Waals surface area contributed by atoms with Gasteiger partial charge in [0.1, 0.15) is 0 Å². The Labute approximate surface area is 109 Å². The smallest absolute Gasteiger partial charge is 0.0114 e. The molecule has 0 aromatic heterocycles. The molecule has 0 amide bonds. The van der Waals surface area contributed by atoms with E-state index in [9.17, 15) is 0 Å². The van der Waals surface area contributed by atoms with Gasteiger partial charge in [-0.3, -0.25) is 0 Å². The van der Waals surface area contributed by atoms with Crippen molar-refractivity contribution in [1.29, 1.82) is 0 Å². The van der Waals surface area contributed by atoms with Crippen LogP contribution in [0.2, 0.25) is 0 Å². The molecule has 18 heavy (non-hydrogen) atoms. The molecule has 0 unspecified atom stereocenters. The van der Waals surface area contributed by atoms with Crippen LogP contribution >= 0.6 is 0 Å². The topological polar surface area (TPSA) is 0 Å². The van der Waals surface area contributed by atoms with Crippen molar-refractivity contribution in [3.05, 3.63) is 44.8 Å². The van der Waals surface area contributed by atoms with Crippen LogP contribution in [0.15, 0.2) is 12.2 Å². The molecule has 3 rings (SSSR count). The first kappa shape index (κ1) is 11.5. The summed E-state index contributed by atoms with van der Waals surface area (Å²) in [6, 6.07) is 0. The molecule has 2 aliphatic rings. The van der Waals surface area contributed by atoms with Gasteiger partial charge in [-0.1, -0.05) is 38.2 Å². The van der Waals surface area contributed by atoms with Crippen LogP contribution in [0.5, 0.6) is 0 Å². The Hall–Kier alpha value is -1.56. The first-order chi connectivity index (χ1) is 8.69. The fourth-order valence-electron chi connectivity index (χ4n) is 3.48. The summed E-state index contributed by atoms with van der Waals surface area (Å²) < 4.78 is 0. The zero-order chi connectivity index (χ0) is 12.9. The van der Waals surface area contributed by atoms with Gasteiger partial charge in [0.2, 0.25) is 0 Å². The van der Waals surface area contributed by atoms with Crippen molar-refractivity contribution in [3.63, 3.8) is 0 Å². The van der Waals surface area contributed by atoms with Crippen LogP contribution in [0.3, 0.4) is 0 Å². The van der Waals surface area contributed by atoms with E-state index in [2.05, 4.69) is 52.0 Å². The minimum atomic E-state index is 1.12. The highest BCUT2D eigenvalue weighted by Crippen LogP contribution is 2.25. The zero-order valence-electron chi connectivity index (χ0n) is 11.7. The maximum Gasteiger partial charge on any atom is -0.0114 e. The van der Waals surface area contributed by atoms with Gasteiger partial charge >= 0.3 is 0 Å². The maximum atomic E-state index is 2.31. The maximum absolute atomic E-state index is 2.31. The number of benzene rings is 1. The van der Waals surface area contributed by atoms with Crippen molar-refractivity contribution in [3.8, 4) is 0 Å². The lowest BCUT2D eigenvalue weighted by molar-refractivity contribution is 1.05. The SMILES string of the molecule is CCc1c2c(c(CC)c3c1=CC=C3C)=CC=C2C. The molecule has 0 saturated carbocycles. The highest BCUT2D eigenvalue weighted by molar-refractivity contribution is 5.86. The van der Waals surface area contributed by atoms with Crippen LogP contribution in [-0.4, -0.2) is 0 Å². The largest absolute Gasteiger partial charge is 0.0612 e. The lowest BCUT2D eigenvalue weighted by Crippen LogP contribution is -2.26. The van der Waals surface area contributed by atoms with Gasteiger partial charge in [0.05, 0.1) is 0 Å². The number of rotatable bonds is 2. The van der Waals surface area contributed by atoms with E-state index in [1.807, 2.05) is 0 Å². The predicted molar refractivity (Wildman–Crippen MR) is 80.7 cm³/mol. The minimum absolute atomic E-state index is 1.12. The van der Waals surface area contributed by atoms with Crippen LogP contribution in [0.25, 0.3) is 23.3 Å².